The minimum Gasteiger partial charge on any atom is -0.356 e. The van der Waals surface area contributed by atoms with E-state index in [1.807, 2.05) is 38.4 Å². The largest absolute Gasteiger partial charge is 0.356 e. The molecule has 0 amide bonds. The molecule has 0 heterocycles. The number of allylic oxidation sites excluding steroid dienone is 5. The van der Waals surface area contributed by atoms with E-state index in [0.717, 1.165) is 0 Å². The van der Waals surface area contributed by atoms with Crippen molar-refractivity contribution in [1.82, 2.24) is 4.90 Å². The zero-order valence-electron chi connectivity index (χ0n) is 5.76. The fraction of sp³-hybridized carbons (Fsp3) is 0.250. The highest BCUT2D eigenvalue weighted by Crippen LogP contribution is 2.04. The van der Waals surface area contributed by atoms with Gasteiger partial charge in [-0.25, -0.2) is 0 Å². The van der Waals surface area contributed by atoms with Gasteiger partial charge >= 0.3 is 0 Å². The minimum atomic E-state index is 1.22. The predicted octanol–water partition coefficient (Wildman–Crippen LogP) is 1.36. The summed E-state index contributed by atoms with van der Waals surface area (Å²) in [5.74, 6) is 0. The third-order valence-corrected chi connectivity index (χ3v) is 1.22. The lowest BCUT2D eigenvalue weighted by Gasteiger charge is -2.07. The van der Waals surface area contributed by atoms with Gasteiger partial charge in [0.2, 0.25) is 0 Å². The van der Waals surface area contributed by atoms with Gasteiger partial charge < -0.3 is 4.90 Å². The van der Waals surface area contributed by atoms with Crippen molar-refractivity contribution >= 4 is 0 Å². The van der Waals surface area contributed by atoms with Gasteiger partial charge in [0, 0.05) is 20.2 Å². The standard InChI is InChI=1S/C8H10N/c1-9(2)8-6-4-3-5-7-8/h4-7H,1-2H3/q+1. The Hall–Kier alpha value is -1.07. The van der Waals surface area contributed by atoms with E-state index in [-0.39, 0.29) is 0 Å². The Balaban J connectivity index is 2.72. The van der Waals surface area contributed by atoms with Gasteiger partial charge in [-0.15, -0.1) is 0 Å². The summed E-state index contributed by atoms with van der Waals surface area (Å²) in [7, 11) is 4.05. The summed E-state index contributed by atoms with van der Waals surface area (Å²) in [6, 6.07) is 0. The zero-order chi connectivity index (χ0) is 6.69. The second-order valence-electron chi connectivity index (χ2n) is 2.15. The van der Waals surface area contributed by atoms with Crippen molar-refractivity contribution in [3.8, 4) is 0 Å². The molecule has 1 aliphatic carbocycles. The van der Waals surface area contributed by atoms with E-state index in [1.54, 1.807) is 0 Å². The molecular formula is C8H10N+. The van der Waals surface area contributed by atoms with Crippen LogP contribution in [-0.4, -0.2) is 19.0 Å². The van der Waals surface area contributed by atoms with Crippen molar-refractivity contribution in [2.45, 2.75) is 0 Å². The molecule has 0 saturated carbocycles. The van der Waals surface area contributed by atoms with Crippen LogP contribution in [0, 0.1) is 6.08 Å². The van der Waals surface area contributed by atoms with Crippen LogP contribution < -0.4 is 0 Å². The number of hydrogen-bond acceptors (Lipinski definition) is 1. The monoisotopic (exact) mass is 120 g/mol. The van der Waals surface area contributed by atoms with Crippen LogP contribution in [0.3, 0.4) is 0 Å². The lowest BCUT2D eigenvalue weighted by Crippen LogP contribution is -2.09. The first-order valence-corrected chi connectivity index (χ1v) is 2.94. The fourth-order valence-electron chi connectivity index (χ4n) is 0.676. The van der Waals surface area contributed by atoms with Crippen molar-refractivity contribution < 1.29 is 0 Å². The molecule has 0 aromatic heterocycles. The van der Waals surface area contributed by atoms with Crippen LogP contribution in [0.1, 0.15) is 0 Å². The van der Waals surface area contributed by atoms with Gasteiger partial charge in [0.05, 0.1) is 12.2 Å². The molecule has 0 bridgehead atoms. The van der Waals surface area contributed by atoms with E-state index in [1.165, 1.54) is 5.70 Å². The van der Waals surface area contributed by atoms with Gasteiger partial charge in [0.15, 0.2) is 5.70 Å². The lowest BCUT2D eigenvalue weighted by molar-refractivity contribution is 0.529. The molecule has 0 aromatic carbocycles. The average molecular weight is 120 g/mol. The molecule has 0 saturated heterocycles. The Labute approximate surface area is 56.0 Å². The number of likely N-dealkylation sites (N-methyl/N-ethyl adjacent to an activating group) is 1. The highest BCUT2D eigenvalue weighted by Gasteiger charge is 2.01. The summed E-state index contributed by atoms with van der Waals surface area (Å²) in [6.45, 7) is 0. The first-order chi connectivity index (χ1) is 4.30. The summed E-state index contributed by atoms with van der Waals surface area (Å²) in [5, 5.41) is 0. The van der Waals surface area contributed by atoms with E-state index >= 15 is 0 Å². The maximum atomic E-state index is 2.96. The summed E-state index contributed by atoms with van der Waals surface area (Å²) < 4.78 is 0. The van der Waals surface area contributed by atoms with E-state index in [0.29, 0.717) is 0 Å². The van der Waals surface area contributed by atoms with Crippen molar-refractivity contribution in [3.05, 3.63) is 36.1 Å². The first kappa shape index (κ1) is 6.06. The van der Waals surface area contributed by atoms with Gasteiger partial charge in [-0.1, -0.05) is 0 Å². The molecule has 0 fully saturated rings. The van der Waals surface area contributed by atoms with E-state index in [2.05, 4.69) is 11.0 Å². The highest BCUT2D eigenvalue weighted by atomic mass is 15.1. The molecule has 1 rings (SSSR count). The van der Waals surface area contributed by atoms with Crippen molar-refractivity contribution in [2.75, 3.05) is 14.1 Å². The second-order valence-corrected chi connectivity index (χ2v) is 2.15. The third kappa shape index (κ3) is 1.41. The Morgan fingerprint density at radius 1 is 1.44 bits per heavy atom. The van der Waals surface area contributed by atoms with Crippen LogP contribution in [-0.2, 0) is 0 Å². The topological polar surface area (TPSA) is 3.24 Å². The van der Waals surface area contributed by atoms with E-state index < -0.39 is 0 Å². The Bertz CT molecular complexity index is 173. The molecule has 46 valence electrons. The molecule has 0 aliphatic heterocycles. The molecule has 9 heavy (non-hydrogen) atoms. The van der Waals surface area contributed by atoms with Crippen LogP contribution in [0.2, 0.25) is 0 Å². The fourth-order valence-corrected chi connectivity index (χ4v) is 0.676. The van der Waals surface area contributed by atoms with Gasteiger partial charge in [-0.2, -0.15) is 0 Å². The molecule has 1 aliphatic rings. The van der Waals surface area contributed by atoms with Crippen LogP contribution in [0.4, 0.5) is 0 Å². The van der Waals surface area contributed by atoms with Crippen LogP contribution in [0.25, 0.3) is 0 Å². The molecule has 0 spiro atoms. The van der Waals surface area contributed by atoms with Gasteiger partial charge in [0.1, 0.15) is 12.2 Å². The number of hydrogen-bond donors (Lipinski definition) is 0. The van der Waals surface area contributed by atoms with Gasteiger partial charge in [-0.3, -0.25) is 0 Å². The molecule has 0 radical (unpaired) electrons. The molecule has 0 aromatic rings. The van der Waals surface area contributed by atoms with Crippen molar-refractivity contribution in [3.63, 3.8) is 0 Å². The summed E-state index contributed by atoms with van der Waals surface area (Å²) in [6.07, 6.45) is 10.8. The maximum Gasteiger partial charge on any atom is 0.150 e. The highest BCUT2D eigenvalue weighted by molar-refractivity contribution is 5.28. The molecule has 0 unspecified atom stereocenters. The SMILES string of the molecule is CN(C)C1=CC=[C+]C=C1. The average Bonchev–Trinajstić information content (AvgIpc) is 1.90. The van der Waals surface area contributed by atoms with Gasteiger partial charge in [0.25, 0.3) is 0 Å². The normalized spacial score (nSPS) is 14.7. The van der Waals surface area contributed by atoms with E-state index in [9.17, 15) is 0 Å². The summed E-state index contributed by atoms with van der Waals surface area (Å²) in [4.78, 5) is 2.06. The van der Waals surface area contributed by atoms with Crippen LogP contribution in [0.15, 0.2) is 30.0 Å². The maximum absolute atomic E-state index is 2.96. The van der Waals surface area contributed by atoms with E-state index in [4.69, 9.17) is 0 Å². The van der Waals surface area contributed by atoms with Crippen molar-refractivity contribution in [1.29, 1.82) is 0 Å². The number of nitrogens with zero attached hydrogens (tertiary/aromatic N) is 1. The van der Waals surface area contributed by atoms with Crippen LogP contribution >= 0.6 is 0 Å². The predicted molar refractivity (Wildman–Crippen MR) is 38.7 cm³/mol. The third-order valence-electron chi connectivity index (χ3n) is 1.22. The molecule has 1 heteroatoms. The number of rotatable bonds is 1. The molecule has 0 N–H and O–H groups in total. The second kappa shape index (κ2) is 2.47. The lowest BCUT2D eigenvalue weighted by atomic mass is 10.2. The Kier molecular flexibility index (Phi) is 1.66. The van der Waals surface area contributed by atoms with Gasteiger partial charge in [-0.05, 0) is 0 Å². The van der Waals surface area contributed by atoms with Crippen LogP contribution in [0.5, 0.6) is 0 Å². The quantitative estimate of drug-likeness (QED) is 0.472. The summed E-state index contributed by atoms with van der Waals surface area (Å²) in [5.41, 5.74) is 1.22. The zero-order valence-corrected chi connectivity index (χ0v) is 5.76. The Morgan fingerprint density at radius 2 is 2.22 bits per heavy atom. The molecule has 0 atom stereocenters. The van der Waals surface area contributed by atoms with Crippen molar-refractivity contribution in [2.24, 2.45) is 0 Å². The minimum absolute atomic E-state index is 1.22. The smallest absolute Gasteiger partial charge is 0.150 e. The molecule has 1 nitrogen and oxygen atoms in total. The Morgan fingerprint density at radius 3 is 2.56 bits per heavy atom. The summed E-state index contributed by atoms with van der Waals surface area (Å²) >= 11 is 0. The molecular weight excluding hydrogens is 110 g/mol. The first-order valence-electron chi connectivity index (χ1n) is 2.94.